The molecule has 4 rings (SSSR count). The molecule has 0 aliphatic heterocycles. The van der Waals surface area contributed by atoms with Crippen LogP contribution < -0.4 is 10.6 Å². The van der Waals surface area contributed by atoms with E-state index in [0.29, 0.717) is 31.7 Å². The molecular formula is C23H14Cl3N3O2S2. The summed E-state index contributed by atoms with van der Waals surface area (Å²) in [5, 5.41) is 9.73. The predicted octanol–water partition coefficient (Wildman–Crippen LogP) is 7.56. The lowest BCUT2D eigenvalue weighted by Crippen LogP contribution is -2.32. The number of nitrogens with one attached hydrogen (secondary N) is 2. The molecule has 0 aliphatic rings. The zero-order valence-electron chi connectivity index (χ0n) is 16.6. The van der Waals surface area contributed by atoms with E-state index in [0.717, 1.165) is 16.8 Å². The molecule has 0 atom stereocenters. The molecule has 0 spiro atoms. The molecule has 0 fully saturated rings. The standard InChI is InChI=1S/C23H14Cl3N3O2S2/c24-15-3-1-13(2-4-15)19-12-33-23(27-19)29-22(32)28-21(30)8-6-18-5-7-20(31-18)14-9-16(25)11-17(26)10-14/h1-12H,(H2,27,28,29,30,32)/b8-6+. The van der Waals surface area contributed by atoms with Crippen LogP contribution in [0.5, 0.6) is 0 Å². The minimum atomic E-state index is -0.411. The summed E-state index contributed by atoms with van der Waals surface area (Å²) in [7, 11) is 0. The third-order valence-corrected chi connectivity index (χ3v) is 5.92. The average molecular weight is 535 g/mol. The minimum Gasteiger partial charge on any atom is -0.457 e. The molecule has 2 heterocycles. The molecule has 166 valence electrons. The maximum atomic E-state index is 12.2. The number of rotatable bonds is 5. The van der Waals surface area contributed by atoms with Gasteiger partial charge in [0, 0.05) is 37.7 Å². The Hall–Kier alpha value is -2.68. The summed E-state index contributed by atoms with van der Waals surface area (Å²) in [5.41, 5.74) is 2.45. The van der Waals surface area contributed by atoms with Crippen molar-refractivity contribution in [3.8, 4) is 22.6 Å². The SMILES string of the molecule is O=C(/C=C/c1ccc(-c2cc(Cl)cc(Cl)c2)o1)NC(=S)Nc1nc(-c2ccc(Cl)cc2)cs1. The van der Waals surface area contributed by atoms with Crippen LogP contribution in [-0.4, -0.2) is 16.0 Å². The maximum Gasteiger partial charge on any atom is 0.250 e. The Morgan fingerprint density at radius 3 is 2.42 bits per heavy atom. The van der Waals surface area contributed by atoms with Gasteiger partial charge in [0.05, 0.1) is 5.69 Å². The van der Waals surface area contributed by atoms with E-state index in [1.54, 1.807) is 42.5 Å². The highest BCUT2D eigenvalue weighted by Gasteiger charge is 2.09. The topological polar surface area (TPSA) is 67.2 Å². The molecule has 0 radical (unpaired) electrons. The first-order chi connectivity index (χ1) is 15.9. The molecule has 0 saturated carbocycles. The number of aromatic nitrogens is 1. The molecule has 4 aromatic rings. The Labute approximate surface area is 214 Å². The zero-order chi connectivity index (χ0) is 23.4. The van der Waals surface area contributed by atoms with E-state index in [9.17, 15) is 4.79 Å². The Balaban J connectivity index is 1.33. The van der Waals surface area contributed by atoms with E-state index in [2.05, 4.69) is 15.6 Å². The zero-order valence-corrected chi connectivity index (χ0v) is 20.5. The fraction of sp³-hybridized carbons (Fsp3) is 0. The molecule has 0 unspecified atom stereocenters. The highest BCUT2D eigenvalue weighted by Crippen LogP contribution is 2.29. The number of amides is 1. The molecular weight excluding hydrogens is 521 g/mol. The van der Waals surface area contributed by atoms with Gasteiger partial charge < -0.3 is 9.73 Å². The summed E-state index contributed by atoms with van der Waals surface area (Å²) in [5.74, 6) is 0.658. The highest BCUT2D eigenvalue weighted by molar-refractivity contribution is 7.80. The second kappa shape index (κ2) is 10.5. The van der Waals surface area contributed by atoms with Crippen LogP contribution in [0.15, 0.2) is 70.5 Å². The molecule has 2 aromatic heterocycles. The van der Waals surface area contributed by atoms with Crippen molar-refractivity contribution >= 4 is 80.6 Å². The molecule has 5 nitrogen and oxygen atoms in total. The molecule has 33 heavy (non-hydrogen) atoms. The van der Waals surface area contributed by atoms with E-state index < -0.39 is 5.91 Å². The third kappa shape index (κ3) is 6.43. The highest BCUT2D eigenvalue weighted by atomic mass is 35.5. The van der Waals surface area contributed by atoms with E-state index >= 15 is 0 Å². The molecule has 2 aromatic carbocycles. The first kappa shape index (κ1) is 23.5. The first-order valence-electron chi connectivity index (χ1n) is 9.43. The summed E-state index contributed by atoms with van der Waals surface area (Å²) in [6.07, 6.45) is 2.86. The first-order valence-corrected chi connectivity index (χ1v) is 11.9. The van der Waals surface area contributed by atoms with Gasteiger partial charge in [-0.15, -0.1) is 11.3 Å². The summed E-state index contributed by atoms with van der Waals surface area (Å²) < 4.78 is 5.73. The third-order valence-electron chi connectivity index (χ3n) is 4.27. The number of thiocarbonyl (C=S) groups is 1. The van der Waals surface area contributed by atoms with Gasteiger partial charge in [-0.3, -0.25) is 10.1 Å². The summed E-state index contributed by atoms with van der Waals surface area (Å²) in [4.78, 5) is 16.7. The van der Waals surface area contributed by atoms with Gasteiger partial charge in [-0.25, -0.2) is 4.98 Å². The monoisotopic (exact) mass is 533 g/mol. The lowest BCUT2D eigenvalue weighted by Gasteiger charge is -2.04. The number of hydrogen-bond acceptors (Lipinski definition) is 5. The van der Waals surface area contributed by atoms with Crippen LogP contribution in [0.4, 0.5) is 5.13 Å². The van der Waals surface area contributed by atoms with Crippen LogP contribution in [0.2, 0.25) is 15.1 Å². The van der Waals surface area contributed by atoms with Gasteiger partial charge in [0.25, 0.3) is 0 Å². The molecule has 0 aliphatic carbocycles. The van der Waals surface area contributed by atoms with E-state index in [1.165, 1.54) is 23.5 Å². The van der Waals surface area contributed by atoms with Crippen molar-refractivity contribution in [3.63, 3.8) is 0 Å². The van der Waals surface area contributed by atoms with Crippen LogP contribution in [0.1, 0.15) is 5.76 Å². The normalized spacial score (nSPS) is 11.0. The van der Waals surface area contributed by atoms with Crippen LogP contribution >= 0.6 is 58.4 Å². The largest absolute Gasteiger partial charge is 0.457 e. The second-order valence-electron chi connectivity index (χ2n) is 6.68. The van der Waals surface area contributed by atoms with Gasteiger partial charge in [0.15, 0.2) is 10.2 Å². The van der Waals surface area contributed by atoms with Crippen LogP contribution in [0.3, 0.4) is 0 Å². The lowest BCUT2D eigenvalue weighted by atomic mass is 10.2. The summed E-state index contributed by atoms with van der Waals surface area (Å²) in [6.45, 7) is 0. The van der Waals surface area contributed by atoms with Crippen molar-refractivity contribution in [3.05, 3.63) is 86.9 Å². The van der Waals surface area contributed by atoms with Gasteiger partial charge in [0.1, 0.15) is 11.5 Å². The summed E-state index contributed by atoms with van der Waals surface area (Å²) in [6, 6.07) is 16.0. The Morgan fingerprint density at radius 1 is 0.970 bits per heavy atom. The van der Waals surface area contributed by atoms with Crippen molar-refractivity contribution in [2.24, 2.45) is 0 Å². The van der Waals surface area contributed by atoms with E-state index in [4.69, 9.17) is 51.4 Å². The van der Waals surface area contributed by atoms with Gasteiger partial charge in [-0.2, -0.15) is 0 Å². The fourth-order valence-electron chi connectivity index (χ4n) is 2.82. The van der Waals surface area contributed by atoms with E-state index in [1.807, 2.05) is 17.5 Å². The van der Waals surface area contributed by atoms with Gasteiger partial charge in [-0.05, 0) is 60.8 Å². The van der Waals surface area contributed by atoms with Crippen molar-refractivity contribution in [2.75, 3.05) is 5.32 Å². The van der Waals surface area contributed by atoms with Gasteiger partial charge in [0.2, 0.25) is 5.91 Å². The van der Waals surface area contributed by atoms with Crippen LogP contribution in [-0.2, 0) is 4.79 Å². The molecule has 0 bridgehead atoms. The maximum absolute atomic E-state index is 12.2. The van der Waals surface area contributed by atoms with Crippen molar-refractivity contribution in [2.45, 2.75) is 0 Å². The van der Waals surface area contributed by atoms with Crippen molar-refractivity contribution in [1.82, 2.24) is 10.3 Å². The number of carbonyl (C=O) groups excluding carboxylic acids is 1. The number of furan rings is 1. The molecule has 0 saturated heterocycles. The average Bonchev–Trinajstić information content (AvgIpc) is 3.42. The second-order valence-corrected chi connectivity index (χ2v) is 9.26. The number of nitrogens with zero attached hydrogens (tertiary/aromatic N) is 1. The quantitative estimate of drug-likeness (QED) is 0.204. The Morgan fingerprint density at radius 2 is 1.70 bits per heavy atom. The number of carbonyl (C=O) groups is 1. The molecule has 2 N–H and O–H groups in total. The molecule has 10 heteroatoms. The number of hydrogen-bond donors (Lipinski definition) is 2. The van der Waals surface area contributed by atoms with Gasteiger partial charge in [-0.1, -0.05) is 46.9 Å². The number of anilines is 1. The summed E-state index contributed by atoms with van der Waals surface area (Å²) >= 11 is 24.6. The number of halogens is 3. The van der Waals surface area contributed by atoms with Gasteiger partial charge >= 0.3 is 0 Å². The smallest absolute Gasteiger partial charge is 0.250 e. The van der Waals surface area contributed by atoms with Crippen molar-refractivity contribution < 1.29 is 9.21 Å². The number of thiazole rings is 1. The number of benzene rings is 2. The fourth-order valence-corrected chi connectivity index (χ4v) is 4.46. The Bertz CT molecular complexity index is 1330. The van der Waals surface area contributed by atoms with Crippen LogP contribution in [0, 0.1) is 0 Å². The van der Waals surface area contributed by atoms with E-state index in [-0.39, 0.29) is 5.11 Å². The van der Waals surface area contributed by atoms with Crippen LogP contribution in [0.25, 0.3) is 28.7 Å². The lowest BCUT2D eigenvalue weighted by molar-refractivity contribution is -0.115. The Kier molecular flexibility index (Phi) is 7.47. The predicted molar refractivity (Wildman–Crippen MR) is 140 cm³/mol. The minimum absolute atomic E-state index is 0.135. The molecule has 1 amide bonds. The van der Waals surface area contributed by atoms with Crippen molar-refractivity contribution in [1.29, 1.82) is 0 Å².